The summed E-state index contributed by atoms with van der Waals surface area (Å²) in [4.78, 5) is 11.9. The number of allylic oxidation sites excluding steroid dienone is 1. The predicted octanol–water partition coefficient (Wildman–Crippen LogP) is 4.10. The Labute approximate surface area is 98.0 Å². The molecule has 0 fully saturated rings. The van der Waals surface area contributed by atoms with E-state index in [4.69, 9.17) is 0 Å². The Kier molecular flexibility index (Phi) is 3.45. The number of halogens is 3. The first-order valence-electron chi connectivity index (χ1n) is 5.04. The van der Waals surface area contributed by atoms with Gasteiger partial charge in [0, 0.05) is 11.0 Å². The number of benzene rings is 1. The number of carbonyl (C=O) groups is 1. The van der Waals surface area contributed by atoms with Crippen LogP contribution in [0, 0.1) is 5.41 Å². The van der Waals surface area contributed by atoms with E-state index in [1.165, 1.54) is 18.2 Å². The Morgan fingerprint density at radius 2 is 1.88 bits per heavy atom. The lowest BCUT2D eigenvalue weighted by Gasteiger charge is -2.18. The van der Waals surface area contributed by atoms with Crippen LogP contribution in [0.25, 0.3) is 0 Å². The maximum absolute atomic E-state index is 12.5. The van der Waals surface area contributed by atoms with Gasteiger partial charge in [0.15, 0.2) is 5.78 Å². The molecule has 92 valence electrons. The fourth-order valence-corrected chi connectivity index (χ4v) is 1.30. The lowest BCUT2D eigenvalue weighted by atomic mass is 9.84. The fraction of sp³-hybridized carbons (Fsp3) is 0.308. The Morgan fingerprint density at radius 3 is 2.35 bits per heavy atom. The van der Waals surface area contributed by atoms with Crippen molar-refractivity contribution in [3.8, 4) is 0 Å². The van der Waals surface area contributed by atoms with Crippen molar-refractivity contribution in [2.24, 2.45) is 5.41 Å². The third-order valence-electron chi connectivity index (χ3n) is 2.55. The van der Waals surface area contributed by atoms with E-state index in [9.17, 15) is 18.0 Å². The van der Waals surface area contributed by atoms with Gasteiger partial charge in [-0.15, -0.1) is 6.58 Å². The molecule has 0 aliphatic heterocycles. The molecule has 0 atom stereocenters. The topological polar surface area (TPSA) is 17.1 Å². The number of Topliss-reactive ketones (excluding diaryl/α,β-unsaturated/α-hetero) is 1. The molecule has 0 aromatic heterocycles. The van der Waals surface area contributed by atoms with Crippen LogP contribution in [0.3, 0.4) is 0 Å². The molecule has 0 N–H and O–H groups in total. The van der Waals surface area contributed by atoms with Gasteiger partial charge in [0.2, 0.25) is 0 Å². The number of hydrogen-bond acceptors (Lipinski definition) is 1. The lowest BCUT2D eigenvalue weighted by molar-refractivity contribution is -0.137. The highest BCUT2D eigenvalue weighted by Crippen LogP contribution is 2.31. The quantitative estimate of drug-likeness (QED) is 0.576. The monoisotopic (exact) mass is 242 g/mol. The zero-order valence-electron chi connectivity index (χ0n) is 9.64. The summed E-state index contributed by atoms with van der Waals surface area (Å²) in [5, 5.41) is 0. The molecule has 1 aromatic rings. The Balaban J connectivity index is 3.18. The number of hydrogen-bond donors (Lipinski definition) is 0. The second kappa shape index (κ2) is 4.35. The van der Waals surface area contributed by atoms with Gasteiger partial charge in [0.05, 0.1) is 5.56 Å². The molecule has 0 amide bonds. The fourth-order valence-electron chi connectivity index (χ4n) is 1.30. The molecule has 0 saturated carbocycles. The highest BCUT2D eigenvalue weighted by molar-refractivity contribution is 6.01. The maximum Gasteiger partial charge on any atom is 0.416 e. The van der Waals surface area contributed by atoms with E-state index in [0.717, 1.165) is 12.1 Å². The van der Waals surface area contributed by atoms with E-state index in [0.29, 0.717) is 0 Å². The van der Waals surface area contributed by atoms with Crippen LogP contribution in [0.4, 0.5) is 13.2 Å². The van der Waals surface area contributed by atoms with Gasteiger partial charge in [0.1, 0.15) is 0 Å². The molecule has 0 spiro atoms. The number of alkyl halides is 3. The minimum absolute atomic E-state index is 0.0460. The largest absolute Gasteiger partial charge is 0.416 e. The summed E-state index contributed by atoms with van der Waals surface area (Å²) >= 11 is 0. The van der Waals surface area contributed by atoms with Gasteiger partial charge in [-0.3, -0.25) is 4.79 Å². The molecule has 0 bridgehead atoms. The van der Waals surface area contributed by atoms with Crippen molar-refractivity contribution < 1.29 is 18.0 Å². The average Bonchev–Trinajstić information content (AvgIpc) is 2.27. The van der Waals surface area contributed by atoms with Crippen molar-refractivity contribution in [2.45, 2.75) is 20.0 Å². The van der Waals surface area contributed by atoms with Gasteiger partial charge in [-0.25, -0.2) is 0 Å². The van der Waals surface area contributed by atoms with E-state index >= 15 is 0 Å². The first-order chi connectivity index (χ1) is 7.68. The summed E-state index contributed by atoms with van der Waals surface area (Å²) in [6, 6.07) is 4.42. The third-order valence-corrected chi connectivity index (χ3v) is 2.55. The molecule has 1 aromatic carbocycles. The molecular weight excluding hydrogens is 229 g/mol. The standard InChI is InChI=1S/C13H13F3O/c1-4-12(2,3)11(17)9-6-5-7-10(8-9)13(14,15)16/h4-8H,1H2,2-3H3. The van der Waals surface area contributed by atoms with Crippen LogP contribution in [0.2, 0.25) is 0 Å². The normalized spacial score (nSPS) is 12.3. The van der Waals surface area contributed by atoms with E-state index in [2.05, 4.69) is 6.58 Å². The molecule has 0 aliphatic rings. The lowest BCUT2D eigenvalue weighted by Crippen LogP contribution is -2.22. The predicted molar refractivity (Wildman–Crippen MR) is 59.8 cm³/mol. The van der Waals surface area contributed by atoms with Gasteiger partial charge in [0.25, 0.3) is 0 Å². The number of rotatable bonds is 3. The molecule has 0 aliphatic carbocycles. The van der Waals surface area contributed by atoms with Crippen LogP contribution >= 0.6 is 0 Å². The number of ketones is 1. The summed E-state index contributed by atoms with van der Waals surface area (Å²) in [6.07, 6.45) is -3.01. The summed E-state index contributed by atoms with van der Waals surface area (Å²) in [7, 11) is 0. The second-order valence-electron chi connectivity index (χ2n) is 4.33. The Morgan fingerprint density at radius 1 is 1.29 bits per heavy atom. The molecule has 17 heavy (non-hydrogen) atoms. The molecular formula is C13H13F3O. The Hall–Kier alpha value is -1.58. The first kappa shape index (κ1) is 13.5. The summed E-state index contributed by atoms with van der Waals surface area (Å²) < 4.78 is 37.4. The second-order valence-corrected chi connectivity index (χ2v) is 4.33. The zero-order valence-corrected chi connectivity index (χ0v) is 9.64. The highest BCUT2D eigenvalue weighted by atomic mass is 19.4. The molecule has 4 heteroatoms. The molecule has 0 saturated heterocycles. The van der Waals surface area contributed by atoms with Crippen molar-refractivity contribution in [1.29, 1.82) is 0 Å². The molecule has 0 heterocycles. The number of carbonyl (C=O) groups excluding carboxylic acids is 1. The SMILES string of the molecule is C=CC(C)(C)C(=O)c1cccc(C(F)(F)F)c1. The van der Waals surface area contributed by atoms with Gasteiger partial charge in [-0.05, 0) is 26.0 Å². The summed E-state index contributed by atoms with van der Waals surface area (Å²) in [5.74, 6) is -0.376. The van der Waals surface area contributed by atoms with Crippen LogP contribution in [-0.2, 0) is 6.18 Å². The van der Waals surface area contributed by atoms with Crippen molar-refractivity contribution in [2.75, 3.05) is 0 Å². The van der Waals surface area contributed by atoms with Gasteiger partial charge in [-0.1, -0.05) is 18.2 Å². The summed E-state index contributed by atoms with van der Waals surface area (Å²) in [5.41, 5.74) is -1.64. The highest BCUT2D eigenvalue weighted by Gasteiger charge is 2.32. The van der Waals surface area contributed by atoms with Gasteiger partial charge in [-0.2, -0.15) is 13.2 Å². The van der Waals surface area contributed by atoms with Crippen LogP contribution in [0.15, 0.2) is 36.9 Å². The maximum atomic E-state index is 12.5. The van der Waals surface area contributed by atoms with Crippen LogP contribution in [-0.4, -0.2) is 5.78 Å². The van der Waals surface area contributed by atoms with Gasteiger partial charge >= 0.3 is 6.18 Å². The van der Waals surface area contributed by atoms with Crippen molar-refractivity contribution in [3.63, 3.8) is 0 Å². The van der Waals surface area contributed by atoms with Gasteiger partial charge < -0.3 is 0 Å². The smallest absolute Gasteiger partial charge is 0.293 e. The van der Waals surface area contributed by atoms with Crippen molar-refractivity contribution in [1.82, 2.24) is 0 Å². The molecule has 1 nitrogen and oxygen atoms in total. The Bertz CT molecular complexity index is 444. The van der Waals surface area contributed by atoms with E-state index in [1.54, 1.807) is 13.8 Å². The van der Waals surface area contributed by atoms with Crippen LogP contribution in [0.5, 0.6) is 0 Å². The minimum Gasteiger partial charge on any atom is -0.293 e. The zero-order chi connectivity index (χ0) is 13.3. The third kappa shape index (κ3) is 2.96. The molecule has 1 rings (SSSR count). The van der Waals surface area contributed by atoms with Crippen LogP contribution in [0.1, 0.15) is 29.8 Å². The molecule has 0 unspecified atom stereocenters. The van der Waals surface area contributed by atoms with Crippen LogP contribution < -0.4 is 0 Å². The van der Waals surface area contributed by atoms with Crippen molar-refractivity contribution >= 4 is 5.78 Å². The van der Waals surface area contributed by atoms with E-state index < -0.39 is 17.2 Å². The van der Waals surface area contributed by atoms with E-state index in [-0.39, 0.29) is 11.3 Å². The first-order valence-corrected chi connectivity index (χ1v) is 5.04. The minimum atomic E-state index is -4.44. The van der Waals surface area contributed by atoms with E-state index in [1.807, 2.05) is 0 Å². The summed E-state index contributed by atoms with van der Waals surface area (Å²) in [6.45, 7) is 6.73. The molecule has 0 radical (unpaired) electrons. The average molecular weight is 242 g/mol. The van der Waals surface area contributed by atoms with Crippen molar-refractivity contribution in [3.05, 3.63) is 48.0 Å².